The lowest BCUT2D eigenvalue weighted by Gasteiger charge is -2.23. The van der Waals surface area contributed by atoms with Gasteiger partial charge in [0.05, 0.1) is 12.1 Å². The standard InChI is InChI=1S/C10H16N4O/c11-6-8(14-10(13)15)9(12)7-4-2-1-3-5-7/h1-5,8-9H,6,11-12H2,(H3,13,14,15). The number of hydrogen-bond donors (Lipinski definition) is 4. The van der Waals surface area contributed by atoms with E-state index in [2.05, 4.69) is 5.32 Å². The molecule has 0 fully saturated rings. The Labute approximate surface area is 88.6 Å². The highest BCUT2D eigenvalue weighted by molar-refractivity contribution is 5.72. The molecule has 0 saturated heterocycles. The van der Waals surface area contributed by atoms with Crippen molar-refractivity contribution in [1.82, 2.24) is 5.32 Å². The first kappa shape index (κ1) is 11.5. The van der Waals surface area contributed by atoms with Crippen molar-refractivity contribution in [1.29, 1.82) is 0 Å². The molecule has 2 unspecified atom stereocenters. The number of amides is 2. The summed E-state index contributed by atoms with van der Waals surface area (Å²) >= 11 is 0. The van der Waals surface area contributed by atoms with Gasteiger partial charge in [0.25, 0.3) is 0 Å². The maximum Gasteiger partial charge on any atom is 0.312 e. The summed E-state index contributed by atoms with van der Waals surface area (Å²) < 4.78 is 0. The predicted octanol–water partition coefficient (Wildman–Crippen LogP) is -0.318. The molecule has 0 aromatic heterocycles. The van der Waals surface area contributed by atoms with E-state index in [0.29, 0.717) is 0 Å². The van der Waals surface area contributed by atoms with Crippen LogP contribution in [0.3, 0.4) is 0 Å². The van der Waals surface area contributed by atoms with Crippen molar-refractivity contribution in [2.24, 2.45) is 17.2 Å². The normalized spacial score (nSPS) is 14.3. The third kappa shape index (κ3) is 3.23. The summed E-state index contributed by atoms with van der Waals surface area (Å²) in [7, 11) is 0. The minimum Gasteiger partial charge on any atom is -0.352 e. The summed E-state index contributed by atoms with van der Waals surface area (Å²) in [5.74, 6) is 0. The molecule has 0 radical (unpaired) electrons. The predicted molar refractivity (Wildman–Crippen MR) is 58.9 cm³/mol. The number of rotatable bonds is 4. The Morgan fingerprint density at radius 3 is 2.40 bits per heavy atom. The first-order valence-electron chi connectivity index (χ1n) is 4.71. The second kappa shape index (κ2) is 5.33. The molecule has 5 nitrogen and oxygen atoms in total. The maximum absolute atomic E-state index is 10.7. The van der Waals surface area contributed by atoms with Crippen molar-refractivity contribution >= 4 is 6.03 Å². The molecule has 2 atom stereocenters. The molecular weight excluding hydrogens is 192 g/mol. The smallest absolute Gasteiger partial charge is 0.312 e. The Balaban J connectivity index is 2.73. The molecule has 0 aliphatic heterocycles. The van der Waals surface area contributed by atoms with Crippen LogP contribution in [0.4, 0.5) is 4.79 Å². The summed E-state index contributed by atoms with van der Waals surface area (Å²) in [4.78, 5) is 10.7. The van der Waals surface area contributed by atoms with Gasteiger partial charge < -0.3 is 22.5 Å². The Hall–Kier alpha value is -1.59. The van der Waals surface area contributed by atoms with Crippen molar-refractivity contribution < 1.29 is 4.79 Å². The monoisotopic (exact) mass is 208 g/mol. The Morgan fingerprint density at radius 1 is 1.33 bits per heavy atom. The number of urea groups is 1. The van der Waals surface area contributed by atoms with Gasteiger partial charge in [0.15, 0.2) is 0 Å². The number of carbonyl (C=O) groups excluding carboxylic acids is 1. The maximum atomic E-state index is 10.7. The number of benzene rings is 1. The van der Waals surface area contributed by atoms with Gasteiger partial charge in [-0.1, -0.05) is 30.3 Å². The van der Waals surface area contributed by atoms with E-state index in [-0.39, 0.29) is 18.6 Å². The summed E-state index contributed by atoms with van der Waals surface area (Å²) in [6.07, 6.45) is 0. The molecule has 0 saturated carbocycles. The molecule has 5 heteroatoms. The molecule has 0 aliphatic carbocycles. The fourth-order valence-corrected chi connectivity index (χ4v) is 1.39. The molecule has 15 heavy (non-hydrogen) atoms. The molecule has 0 spiro atoms. The summed E-state index contributed by atoms with van der Waals surface area (Å²) in [6, 6.07) is 8.13. The van der Waals surface area contributed by atoms with Crippen molar-refractivity contribution in [2.45, 2.75) is 12.1 Å². The van der Waals surface area contributed by atoms with Gasteiger partial charge in [-0.05, 0) is 5.56 Å². The van der Waals surface area contributed by atoms with Crippen LogP contribution in [0.2, 0.25) is 0 Å². The quantitative estimate of drug-likeness (QED) is 0.544. The third-order valence-electron chi connectivity index (χ3n) is 2.20. The van der Waals surface area contributed by atoms with E-state index in [1.165, 1.54) is 0 Å². The van der Waals surface area contributed by atoms with Crippen LogP contribution >= 0.6 is 0 Å². The lowest BCUT2D eigenvalue weighted by Crippen LogP contribution is -2.49. The van der Waals surface area contributed by atoms with Crippen molar-refractivity contribution in [3.05, 3.63) is 35.9 Å². The molecule has 0 heterocycles. The number of primary amides is 1. The van der Waals surface area contributed by atoms with Gasteiger partial charge in [-0.15, -0.1) is 0 Å². The van der Waals surface area contributed by atoms with E-state index in [0.717, 1.165) is 5.56 Å². The van der Waals surface area contributed by atoms with Gasteiger partial charge in [-0.25, -0.2) is 4.79 Å². The minimum absolute atomic E-state index is 0.249. The Bertz CT molecular complexity index is 314. The molecule has 7 N–H and O–H groups in total. The molecular formula is C10H16N4O. The fraction of sp³-hybridized carbons (Fsp3) is 0.300. The van der Waals surface area contributed by atoms with Crippen LogP contribution in [-0.2, 0) is 0 Å². The van der Waals surface area contributed by atoms with E-state index in [1.54, 1.807) is 0 Å². The van der Waals surface area contributed by atoms with Crippen molar-refractivity contribution in [3.8, 4) is 0 Å². The molecule has 1 aromatic rings. The second-order valence-corrected chi connectivity index (χ2v) is 3.29. The van der Waals surface area contributed by atoms with Gasteiger partial charge in [0.1, 0.15) is 0 Å². The largest absolute Gasteiger partial charge is 0.352 e. The van der Waals surface area contributed by atoms with Crippen LogP contribution in [0.15, 0.2) is 30.3 Å². The zero-order valence-corrected chi connectivity index (χ0v) is 8.39. The molecule has 2 amide bonds. The average Bonchev–Trinajstić information content (AvgIpc) is 2.26. The number of nitrogens with two attached hydrogens (primary N) is 3. The van der Waals surface area contributed by atoms with Crippen LogP contribution in [0.25, 0.3) is 0 Å². The lowest BCUT2D eigenvalue weighted by atomic mass is 10.0. The van der Waals surface area contributed by atoms with Crippen LogP contribution in [0.1, 0.15) is 11.6 Å². The molecule has 1 aromatic carbocycles. The topological polar surface area (TPSA) is 107 Å². The van der Waals surface area contributed by atoms with E-state index >= 15 is 0 Å². The zero-order chi connectivity index (χ0) is 11.3. The molecule has 0 aliphatic rings. The number of carbonyl (C=O) groups is 1. The van der Waals surface area contributed by atoms with Crippen LogP contribution in [0.5, 0.6) is 0 Å². The van der Waals surface area contributed by atoms with Gasteiger partial charge in [-0.3, -0.25) is 0 Å². The second-order valence-electron chi connectivity index (χ2n) is 3.29. The first-order chi connectivity index (χ1) is 7.15. The van der Waals surface area contributed by atoms with Gasteiger partial charge >= 0.3 is 6.03 Å². The van der Waals surface area contributed by atoms with Gasteiger partial charge in [0, 0.05) is 6.54 Å². The van der Waals surface area contributed by atoms with Gasteiger partial charge in [0.2, 0.25) is 0 Å². The van der Waals surface area contributed by atoms with E-state index in [1.807, 2.05) is 30.3 Å². The summed E-state index contributed by atoms with van der Waals surface area (Å²) in [5, 5.41) is 2.52. The first-order valence-corrected chi connectivity index (χ1v) is 4.71. The Morgan fingerprint density at radius 2 is 1.93 bits per heavy atom. The van der Waals surface area contributed by atoms with Crippen molar-refractivity contribution in [2.75, 3.05) is 6.54 Å². The molecule has 82 valence electrons. The van der Waals surface area contributed by atoms with Gasteiger partial charge in [-0.2, -0.15) is 0 Å². The minimum atomic E-state index is -0.614. The summed E-state index contributed by atoms with van der Waals surface area (Å²) in [5.41, 5.74) is 17.4. The highest BCUT2D eigenvalue weighted by atomic mass is 16.2. The lowest BCUT2D eigenvalue weighted by molar-refractivity contribution is 0.243. The highest BCUT2D eigenvalue weighted by Gasteiger charge is 2.18. The van der Waals surface area contributed by atoms with Crippen molar-refractivity contribution in [3.63, 3.8) is 0 Å². The highest BCUT2D eigenvalue weighted by Crippen LogP contribution is 2.12. The molecule has 1 rings (SSSR count). The summed E-state index contributed by atoms with van der Waals surface area (Å²) in [6.45, 7) is 0.249. The Kier molecular flexibility index (Phi) is 4.08. The molecule has 0 bridgehead atoms. The number of hydrogen-bond acceptors (Lipinski definition) is 3. The van der Waals surface area contributed by atoms with E-state index in [4.69, 9.17) is 17.2 Å². The average molecular weight is 208 g/mol. The zero-order valence-electron chi connectivity index (χ0n) is 8.39. The third-order valence-corrected chi connectivity index (χ3v) is 2.20. The number of nitrogens with one attached hydrogen (secondary N) is 1. The van der Waals surface area contributed by atoms with E-state index < -0.39 is 6.03 Å². The SMILES string of the molecule is NCC(NC(N)=O)C(N)c1ccccc1. The van der Waals surface area contributed by atoms with E-state index in [9.17, 15) is 4.79 Å². The van der Waals surface area contributed by atoms with Crippen LogP contribution in [0, 0.1) is 0 Å². The van der Waals surface area contributed by atoms with Crippen LogP contribution < -0.4 is 22.5 Å². The fourth-order valence-electron chi connectivity index (χ4n) is 1.39. The van der Waals surface area contributed by atoms with Crippen LogP contribution in [-0.4, -0.2) is 18.6 Å².